The van der Waals surface area contributed by atoms with E-state index in [1.807, 2.05) is 26.0 Å². The number of ether oxygens (including phenoxy) is 3. The summed E-state index contributed by atoms with van der Waals surface area (Å²) in [6.45, 7) is 9.64. The monoisotopic (exact) mass is 522 g/mol. The highest BCUT2D eigenvalue weighted by atomic mass is 32.1. The van der Waals surface area contributed by atoms with Crippen LogP contribution in [0.15, 0.2) is 54.6 Å². The van der Waals surface area contributed by atoms with Crippen molar-refractivity contribution in [2.24, 2.45) is 0 Å². The first-order valence-corrected chi connectivity index (χ1v) is 12.4. The van der Waals surface area contributed by atoms with E-state index in [0.717, 1.165) is 12.0 Å². The van der Waals surface area contributed by atoms with E-state index in [4.69, 9.17) is 26.4 Å². The van der Waals surface area contributed by atoms with Crippen molar-refractivity contribution in [3.05, 3.63) is 71.3 Å². The second-order valence-corrected chi connectivity index (χ2v) is 8.39. The number of benzene rings is 2. The van der Waals surface area contributed by atoms with Crippen LogP contribution in [0.3, 0.4) is 0 Å². The number of esters is 1. The van der Waals surface area contributed by atoms with Crippen molar-refractivity contribution < 1.29 is 28.6 Å². The predicted molar refractivity (Wildman–Crippen MR) is 146 cm³/mol. The molecule has 0 spiro atoms. The van der Waals surface area contributed by atoms with Gasteiger partial charge in [-0.25, -0.2) is 4.79 Å². The summed E-state index contributed by atoms with van der Waals surface area (Å²) in [6.07, 6.45) is 4.42. The number of allylic oxidation sites excluding steroid dienone is 1. The van der Waals surface area contributed by atoms with Gasteiger partial charge in [0.1, 0.15) is 5.57 Å². The Balaban J connectivity index is 2.01. The van der Waals surface area contributed by atoms with Gasteiger partial charge in [0.25, 0.3) is 11.8 Å². The molecule has 1 N–H and O–H groups in total. The van der Waals surface area contributed by atoms with Gasteiger partial charge in [-0.05, 0) is 80.4 Å². The van der Waals surface area contributed by atoms with Gasteiger partial charge < -0.3 is 14.2 Å². The molecular formula is C28H30N2O6S. The third kappa shape index (κ3) is 6.62. The van der Waals surface area contributed by atoms with Gasteiger partial charge in [-0.3, -0.25) is 19.8 Å². The van der Waals surface area contributed by atoms with Crippen LogP contribution in [0.1, 0.15) is 37.5 Å². The molecule has 0 bridgehead atoms. The third-order valence-corrected chi connectivity index (χ3v) is 5.76. The molecule has 0 unspecified atom stereocenters. The van der Waals surface area contributed by atoms with E-state index < -0.39 is 17.8 Å². The van der Waals surface area contributed by atoms with Crippen molar-refractivity contribution in [2.75, 3.05) is 24.7 Å². The SMILES string of the molecule is C=CCc1cc(/C=C2\C(=O)NC(=S)N(c3ccc(CC)cc3)C2=O)cc(OCC)c1OCC(=O)OCC. The lowest BCUT2D eigenvalue weighted by molar-refractivity contribution is -0.145. The van der Waals surface area contributed by atoms with Crippen LogP contribution in [0.25, 0.3) is 6.08 Å². The third-order valence-electron chi connectivity index (χ3n) is 5.47. The molecule has 2 aromatic rings. The average molecular weight is 523 g/mol. The summed E-state index contributed by atoms with van der Waals surface area (Å²) < 4.78 is 16.5. The molecule has 8 nitrogen and oxygen atoms in total. The van der Waals surface area contributed by atoms with Gasteiger partial charge in [0.05, 0.1) is 18.9 Å². The molecule has 0 atom stereocenters. The molecule has 37 heavy (non-hydrogen) atoms. The van der Waals surface area contributed by atoms with Crippen molar-refractivity contribution in [3.63, 3.8) is 0 Å². The second-order valence-electron chi connectivity index (χ2n) is 8.00. The maximum atomic E-state index is 13.4. The van der Waals surface area contributed by atoms with Gasteiger partial charge in [-0.15, -0.1) is 6.58 Å². The van der Waals surface area contributed by atoms with Crippen LogP contribution in [-0.4, -0.2) is 42.7 Å². The summed E-state index contributed by atoms with van der Waals surface area (Å²) in [7, 11) is 0. The van der Waals surface area contributed by atoms with Gasteiger partial charge in [0.2, 0.25) is 0 Å². The minimum absolute atomic E-state index is 0.0152. The van der Waals surface area contributed by atoms with E-state index in [2.05, 4.69) is 11.9 Å². The normalized spacial score (nSPS) is 14.4. The van der Waals surface area contributed by atoms with Gasteiger partial charge in [-0.2, -0.15) is 0 Å². The molecule has 194 valence electrons. The Morgan fingerprint density at radius 2 is 1.81 bits per heavy atom. The fourth-order valence-electron chi connectivity index (χ4n) is 3.77. The Bertz CT molecular complexity index is 1240. The first kappa shape index (κ1) is 27.6. The lowest BCUT2D eigenvalue weighted by Crippen LogP contribution is -2.54. The van der Waals surface area contributed by atoms with E-state index in [1.54, 1.807) is 37.3 Å². The van der Waals surface area contributed by atoms with Crippen LogP contribution >= 0.6 is 12.2 Å². The molecule has 0 aromatic heterocycles. The number of carbonyl (C=O) groups is 3. The van der Waals surface area contributed by atoms with Crippen LogP contribution < -0.4 is 19.7 Å². The zero-order valence-electron chi connectivity index (χ0n) is 21.2. The zero-order valence-corrected chi connectivity index (χ0v) is 22.0. The first-order valence-electron chi connectivity index (χ1n) is 12.0. The van der Waals surface area contributed by atoms with Crippen LogP contribution in [0.5, 0.6) is 11.5 Å². The molecule has 2 amide bonds. The standard InChI is InChI=1S/C28H30N2O6S/c1-5-9-20-14-19(16-23(34-7-3)25(20)36-17-24(31)35-8-4)15-22-26(32)29-28(37)30(27(22)33)21-12-10-18(6-2)11-13-21/h5,10-16H,1,6-9,17H2,2-4H3,(H,29,32,37)/b22-15+. The highest BCUT2D eigenvalue weighted by Gasteiger charge is 2.34. The van der Waals surface area contributed by atoms with Crippen molar-refractivity contribution in [1.29, 1.82) is 0 Å². The van der Waals surface area contributed by atoms with Crippen LogP contribution in [0.2, 0.25) is 0 Å². The lowest BCUT2D eigenvalue weighted by Gasteiger charge is -2.29. The number of hydrogen-bond donors (Lipinski definition) is 1. The highest BCUT2D eigenvalue weighted by Crippen LogP contribution is 2.35. The van der Waals surface area contributed by atoms with Gasteiger partial charge >= 0.3 is 5.97 Å². The summed E-state index contributed by atoms with van der Waals surface area (Å²) in [5.74, 6) is -0.904. The maximum Gasteiger partial charge on any atom is 0.344 e. The number of rotatable bonds is 11. The van der Waals surface area contributed by atoms with E-state index in [0.29, 0.717) is 41.3 Å². The van der Waals surface area contributed by atoms with Crippen LogP contribution in [0, 0.1) is 0 Å². The van der Waals surface area contributed by atoms with E-state index in [1.165, 1.54) is 11.0 Å². The number of nitrogens with one attached hydrogen (secondary N) is 1. The Morgan fingerprint density at radius 3 is 2.43 bits per heavy atom. The Morgan fingerprint density at radius 1 is 1.08 bits per heavy atom. The molecule has 3 rings (SSSR count). The summed E-state index contributed by atoms with van der Waals surface area (Å²) in [5.41, 5.74) is 2.80. The first-order chi connectivity index (χ1) is 17.8. The summed E-state index contributed by atoms with van der Waals surface area (Å²) in [4.78, 5) is 39.4. The molecule has 0 radical (unpaired) electrons. The average Bonchev–Trinajstić information content (AvgIpc) is 2.87. The molecule has 2 aromatic carbocycles. The minimum atomic E-state index is -0.595. The fraction of sp³-hybridized carbons (Fsp3) is 0.286. The maximum absolute atomic E-state index is 13.4. The molecule has 1 aliphatic heterocycles. The molecule has 0 saturated carbocycles. The van der Waals surface area contributed by atoms with Gasteiger partial charge in [0.15, 0.2) is 23.2 Å². The number of hydrogen-bond acceptors (Lipinski definition) is 7. The smallest absolute Gasteiger partial charge is 0.344 e. The molecule has 1 heterocycles. The fourth-order valence-corrected chi connectivity index (χ4v) is 4.05. The zero-order chi connectivity index (χ0) is 26.9. The summed E-state index contributed by atoms with van der Waals surface area (Å²) >= 11 is 5.30. The molecule has 0 aliphatic carbocycles. The molecule has 1 saturated heterocycles. The van der Waals surface area contributed by atoms with Crippen molar-refractivity contribution >= 4 is 46.9 Å². The van der Waals surface area contributed by atoms with Gasteiger partial charge in [0, 0.05) is 5.56 Å². The predicted octanol–water partition coefficient (Wildman–Crippen LogP) is 4.15. The number of anilines is 1. The van der Waals surface area contributed by atoms with Crippen LogP contribution in [0.4, 0.5) is 5.69 Å². The number of nitrogens with zero attached hydrogens (tertiary/aromatic N) is 1. The Kier molecular flexibility index (Phi) is 9.57. The van der Waals surface area contributed by atoms with Gasteiger partial charge in [-0.1, -0.05) is 25.1 Å². The van der Waals surface area contributed by atoms with Crippen LogP contribution in [-0.2, 0) is 32.0 Å². The number of carbonyl (C=O) groups excluding carboxylic acids is 3. The summed E-state index contributed by atoms with van der Waals surface area (Å²) in [6, 6.07) is 10.8. The quantitative estimate of drug-likeness (QED) is 0.156. The molecular weight excluding hydrogens is 492 g/mol. The van der Waals surface area contributed by atoms with E-state index >= 15 is 0 Å². The number of amides is 2. The molecule has 9 heteroatoms. The van der Waals surface area contributed by atoms with Crippen molar-refractivity contribution in [1.82, 2.24) is 5.32 Å². The molecule has 1 aliphatic rings. The highest BCUT2D eigenvalue weighted by molar-refractivity contribution is 7.80. The largest absolute Gasteiger partial charge is 0.490 e. The Labute approximate surface area is 221 Å². The van der Waals surface area contributed by atoms with Crippen molar-refractivity contribution in [3.8, 4) is 11.5 Å². The number of aryl methyl sites for hydroxylation is 1. The minimum Gasteiger partial charge on any atom is -0.490 e. The van der Waals surface area contributed by atoms with E-state index in [9.17, 15) is 14.4 Å². The molecule has 1 fully saturated rings. The summed E-state index contributed by atoms with van der Waals surface area (Å²) in [5, 5.41) is 2.61. The Hall–Kier alpha value is -3.98. The second kappa shape index (κ2) is 12.8. The number of thiocarbonyl (C=S) groups is 1. The topological polar surface area (TPSA) is 94.2 Å². The lowest BCUT2D eigenvalue weighted by atomic mass is 10.0. The van der Waals surface area contributed by atoms with Crippen molar-refractivity contribution in [2.45, 2.75) is 33.6 Å². The van der Waals surface area contributed by atoms with E-state index in [-0.39, 0.29) is 23.9 Å².